The fourth-order valence-corrected chi connectivity index (χ4v) is 2.73. The van der Waals surface area contributed by atoms with E-state index >= 15 is 0 Å². The molecule has 28 heavy (non-hydrogen) atoms. The fraction of sp³-hybridized carbons (Fsp3) is 0.263. The summed E-state index contributed by atoms with van der Waals surface area (Å²) in [6.45, 7) is -0.892. The molecule has 3 N–H and O–H groups in total. The lowest BCUT2D eigenvalue weighted by Crippen LogP contribution is -2.46. The maximum absolute atomic E-state index is 12.1. The van der Waals surface area contributed by atoms with Gasteiger partial charge in [-0.05, 0) is 16.3 Å². The Bertz CT molecular complexity index is 882. The predicted molar refractivity (Wildman–Crippen MR) is 94.6 cm³/mol. The largest absolute Gasteiger partial charge is 0.481 e. The number of hydrogen-bond acceptors (Lipinski definition) is 6. The lowest BCUT2D eigenvalue weighted by Gasteiger charge is -2.26. The van der Waals surface area contributed by atoms with Crippen LogP contribution in [0.1, 0.15) is 18.4 Å². The van der Waals surface area contributed by atoms with Crippen LogP contribution in [0, 0.1) is 0 Å². The minimum absolute atomic E-state index is 0.122. The van der Waals surface area contributed by atoms with Crippen molar-refractivity contribution in [3.63, 3.8) is 0 Å². The van der Waals surface area contributed by atoms with Crippen molar-refractivity contribution in [3.05, 3.63) is 48.0 Å². The second kappa shape index (κ2) is 8.96. The van der Waals surface area contributed by atoms with Crippen LogP contribution in [0.15, 0.2) is 42.5 Å². The number of carbonyl (C=O) groups excluding carboxylic acids is 1. The first-order valence-electron chi connectivity index (χ1n) is 8.17. The van der Waals surface area contributed by atoms with E-state index in [0.717, 1.165) is 10.8 Å². The molecule has 0 aliphatic rings. The number of hydrogen-bond donors (Lipinski definition) is 3. The molecular formula is C19H18O9. The van der Waals surface area contributed by atoms with Gasteiger partial charge in [0.05, 0.1) is 19.3 Å². The molecule has 2 aromatic carbocycles. The standard InChI is InChI=1S/C19H18O9/c20-15(21)9-19(18(25)26,10-16(22)23)28-11-27-17(24)8-13-6-3-5-12-4-1-2-7-14(12)13/h1-7H,8-11H2,(H,20,21)(H,22,23)(H,25,26). The Balaban J connectivity index is 2.04. The lowest BCUT2D eigenvalue weighted by molar-refractivity contribution is -0.198. The van der Waals surface area contributed by atoms with Gasteiger partial charge in [0, 0.05) is 0 Å². The van der Waals surface area contributed by atoms with Crippen molar-refractivity contribution in [3.8, 4) is 0 Å². The molecule has 0 saturated carbocycles. The van der Waals surface area contributed by atoms with Crippen LogP contribution in [0.5, 0.6) is 0 Å². The summed E-state index contributed by atoms with van der Waals surface area (Å²) in [4.78, 5) is 45.3. The Morgan fingerprint density at radius 2 is 1.46 bits per heavy atom. The number of benzene rings is 2. The summed E-state index contributed by atoms with van der Waals surface area (Å²) in [5.74, 6) is -5.64. The van der Waals surface area contributed by atoms with Gasteiger partial charge in [0.15, 0.2) is 12.4 Å². The van der Waals surface area contributed by atoms with Crippen molar-refractivity contribution in [2.75, 3.05) is 6.79 Å². The molecule has 0 spiro atoms. The molecule has 9 nitrogen and oxygen atoms in total. The van der Waals surface area contributed by atoms with Crippen LogP contribution in [-0.2, 0) is 35.1 Å². The van der Waals surface area contributed by atoms with Crippen molar-refractivity contribution in [2.24, 2.45) is 0 Å². The minimum atomic E-state index is -2.54. The second-order valence-corrected chi connectivity index (χ2v) is 6.03. The van der Waals surface area contributed by atoms with Crippen molar-refractivity contribution < 1.29 is 44.0 Å². The molecule has 0 aromatic heterocycles. The average molecular weight is 390 g/mol. The summed E-state index contributed by atoms with van der Waals surface area (Å²) in [5, 5.41) is 28.8. The van der Waals surface area contributed by atoms with Gasteiger partial charge in [0.2, 0.25) is 0 Å². The van der Waals surface area contributed by atoms with Crippen molar-refractivity contribution in [1.82, 2.24) is 0 Å². The average Bonchev–Trinajstić information content (AvgIpc) is 2.60. The molecule has 0 saturated heterocycles. The zero-order valence-corrected chi connectivity index (χ0v) is 14.7. The summed E-state index contributed by atoms with van der Waals surface area (Å²) in [5.41, 5.74) is -1.86. The van der Waals surface area contributed by atoms with E-state index in [-0.39, 0.29) is 6.42 Å². The van der Waals surface area contributed by atoms with Gasteiger partial charge in [-0.3, -0.25) is 14.4 Å². The normalized spacial score (nSPS) is 11.1. The molecule has 0 radical (unpaired) electrons. The Morgan fingerprint density at radius 1 is 0.857 bits per heavy atom. The first-order valence-corrected chi connectivity index (χ1v) is 8.17. The van der Waals surface area contributed by atoms with Crippen LogP contribution in [0.25, 0.3) is 10.8 Å². The number of fused-ring (bicyclic) bond motifs is 1. The molecule has 0 heterocycles. The molecule has 0 unspecified atom stereocenters. The molecule has 2 rings (SSSR count). The Kier molecular flexibility index (Phi) is 6.67. The van der Waals surface area contributed by atoms with E-state index in [1.54, 1.807) is 12.1 Å². The summed E-state index contributed by atoms with van der Waals surface area (Å²) in [6.07, 6.45) is -2.33. The van der Waals surface area contributed by atoms with Gasteiger partial charge >= 0.3 is 23.9 Å². The molecule has 0 atom stereocenters. The summed E-state index contributed by atoms with van der Waals surface area (Å²) >= 11 is 0. The number of aliphatic carboxylic acids is 3. The maximum atomic E-state index is 12.1. The Hall–Kier alpha value is -3.46. The SMILES string of the molecule is O=C(O)CC(CC(=O)O)(OCOC(=O)Cc1cccc2ccccc12)C(=O)O. The number of esters is 1. The van der Waals surface area contributed by atoms with Gasteiger partial charge in [0.1, 0.15) is 0 Å². The van der Waals surface area contributed by atoms with E-state index in [2.05, 4.69) is 0 Å². The van der Waals surface area contributed by atoms with Crippen LogP contribution < -0.4 is 0 Å². The van der Waals surface area contributed by atoms with Gasteiger partial charge in [-0.15, -0.1) is 0 Å². The van der Waals surface area contributed by atoms with Crippen molar-refractivity contribution in [2.45, 2.75) is 24.9 Å². The molecule has 0 amide bonds. The summed E-state index contributed by atoms with van der Waals surface area (Å²) in [7, 11) is 0. The number of carbonyl (C=O) groups is 4. The highest BCUT2D eigenvalue weighted by Crippen LogP contribution is 2.23. The molecule has 148 valence electrons. The number of ether oxygens (including phenoxy) is 2. The van der Waals surface area contributed by atoms with E-state index in [1.807, 2.05) is 30.3 Å². The number of carboxylic acid groups (broad SMARTS) is 3. The van der Waals surface area contributed by atoms with E-state index in [4.69, 9.17) is 19.7 Å². The maximum Gasteiger partial charge on any atom is 0.337 e. The first kappa shape index (κ1) is 20.8. The molecule has 0 aliphatic heterocycles. The fourth-order valence-electron chi connectivity index (χ4n) is 2.73. The monoisotopic (exact) mass is 390 g/mol. The lowest BCUT2D eigenvalue weighted by atomic mass is 9.95. The molecule has 0 fully saturated rings. The smallest absolute Gasteiger partial charge is 0.337 e. The summed E-state index contributed by atoms with van der Waals surface area (Å²) in [6, 6.07) is 12.8. The van der Waals surface area contributed by atoms with Crippen molar-refractivity contribution in [1.29, 1.82) is 0 Å². The number of rotatable bonds is 10. The van der Waals surface area contributed by atoms with Gasteiger partial charge in [-0.1, -0.05) is 42.5 Å². The van der Waals surface area contributed by atoms with Gasteiger partial charge in [-0.25, -0.2) is 4.79 Å². The van der Waals surface area contributed by atoms with E-state index in [9.17, 15) is 24.3 Å². The van der Waals surface area contributed by atoms with E-state index in [0.29, 0.717) is 5.56 Å². The van der Waals surface area contributed by atoms with E-state index < -0.39 is 49.1 Å². The molecule has 2 aromatic rings. The first-order chi connectivity index (χ1) is 13.2. The Morgan fingerprint density at radius 3 is 2.07 bits per heavy atom. The highest BCUT2D eigenvalue weighted by atomic mass is 16.7. The van der Waals surface area contributed by atoms with Gasteiger partial charge < -0.3 is 24.8 Å². The van der Waals surface area contributed by atoms with Crippen LogP contribution in [0.2, 0.25) is 0 Å². The second-order valence-electron chi connectivity index (χ2n) is 6.03. The van der Waals surface area contributed by atoms with Crippen LogP contribution >= 0.6 is 0 Å². The van der Waals surface area contributed by atoms with Crippen LogP contribution in [0.3, 0.4) is 0 Å². The highest BCUT2D eigenvalue weighted by molar-refractivity contribution is 5.89. The van der Waals surface area contributed by atoms with Crippen LogP contribution in [-0.4, -0.2) is 51.6 Å². The Labute approximate surface area is 159 Å². The van der Waals surface area contributed by atoms with Crippen molar-refractivity contribution >= 4 is 34.6 Å². The van der Waals surface area contributed by atoms with Crippen LogP contribution in [0.4, 0.5) is 0 Å². The molecule has 9 heteroatoms. The topological polar surface area (TPSA) is 147 Å². The third-order valence-electron chi connectivity index (χ3n) is 4.03. The quantitative estimate of drug-likeness (QED) is 0.407. The summed E-state index contributed by atoms with van der Waals surface area (Å²) < 4.78 is 9.76. The zero-order chi connectivity index (χ0) is 20.7. The third-order valence-corrected chi connectivity index (χ3v) is 4.03. The van der Waals surface area contributed by atoms with Gasteiger partial charge in [0.25, 0.3) is 0 Å². The molecular weight excluding hydrogens is 372 g/mol. The number of carboxylic acids is 3. The van der Waals surface area contributed by atoms with Gasteiger partial charge in [-0.2, -0.15) is 0 Å². The molecule has 0 aliphatic carbocycles. The zero-order valence-electron chi connectivity index (χ0n) is 14.7. The molecule has 0 bridgehead atoms. The highest BCUT2D eigenvalue weighted by Gasteiger charge is 2.45. The minimum Gasteiger partial charge on any atom is -0.481 e. The third kappa shape index (κ3) is 5.27. The predicted octanol–water partition coefficient (Wildman–Crippen LogP) is 1.67. The van der Waals surface area contributed by atoms with E-state index in [1.165, 1.54) is 0 Å².